The molecule has 0 amide bonds. The Morgan fingerprint density at radius 1 is 1.46 bits per heavy atom. The summed E-state index contributed by atoms with van der Waals surface area (Å²) in [5, 5.41) is 0. The Kier molecular flexibility index (Phi) is 2.36. The molecule has 0 fully saturated rings. The van der Waals surface area contributed by atoms with Gasteiger partial charge in [-0.05, 0) is 19.1 Å². The molecule has 0 spiro atoms. The summed E-state index contributed by atoms with van der Waals surface area (Å²) in [7, 11) is 0. The highest BCUT2D eigenvalue weighted by Gasteiger charge is 2.35. The molecule has 1 aromatic heterocycles. The molecule has 0 N–H and O–H groups in total. The average molecular weight is 189 g/mol. The van der Waals surface area contributed by atoms with Gasteiger partial charge in [0.2, 0.25) is 0 Å². The third-order valence-corrected chi connectivity index (χ3v) is 1.46. The first-order chi connectivity index (χ1) is 5.93. The van der Waals surface area contributed by atoms with Crippen molar-refractivity contribution in [3.05, 3.63) is 29.6 Å². The van der Waals surface area contributed by atoms with Crippen LogP contribution in [0.15, 0.2) is 18.3 Å². The summed E-state index contributed by atoms with van der Waals surface area (Å²) >= 11 is 0. The minimum Gasteiger partial charge on any atom is -0.294 e. The van der Waals surface area contributed by atoms with Gasteiger partial charge in [0.15, 0.2) is 11.5 Å². The van der Waals surface area contributed by atoms with E-state index in [9.17, 15) is 18.0 Å². The van der Waals surface area contributed by atoms with E-state index in [-0.39, 0.29) is 0 Å². The van der Waals surface area contributed by atoms with Gasteiger partial charge in [-0.2, -0.15) is 13.2 Å². The highest BCUT2D eigenvalue weighted by molar-refractivity contribution is 5.95. The first-order valence-electron chi connectivity index (χ1n) is 3.46. The van der Waals surface area contributed by atoms with Gasteiger partial charge in [0.25, 0.3) is 0 Å². The van der Waals surface area contributed by atoms with Gasteiger partial charge in [-0.1, -0.05) is 0 Å². The number of carbonyl (C=O) groups excluding carboxylic acids is 1. The van der Waals surface area contributed by atoms with Crippen LogP contribution in [-0.2, 0) is 6.18 Å². The minimum absolute atomic E-state index is 0.394. The molecule has 70 valence electrons. The van der Waals surface area contributed by atoms with Crippen LogP contribution in [0.3, 0.4) is 0 Å². The molecule has 0 saturated carbocycles. The number of alkyl halides is 3. The number of Topliss-reactive ketones (excluding diaryl/α,β-unsaturated/α-hetero) is 1. The minimum atomic E-state index is -4.57. The lowest BCUT2D eigenvalue weighted by atomic mass is 10.1. The Morgan fingerprint density at radius 3 is 2.46 bits per heavy atom. The van der Waals surface area contributed by atoms with Crippen LogP contribution in [-0.4, -0.2) is 10.8 Å². The quantitative estimate of drug-likeness (QED) is 0.634. The molecule has 0 atom stereocenters. The van der Waals surface area contributed by atoms with Crippen molar-refractivity contribution in [2.24, 2.45) is 0 Å². The second-order valence-electron chi connectivity index (χ2n) is 2.45. The molecule has 0 radical (unpaired) electrons. The fraction of sp³-hybridized carbons (Fsp3) is 0.250. The Labute approximate surface area is 72.4 Å². The SMILES string of the molecule is CC(=O)c1cccnc1C(F)(F)F. The van der Waals surface area contributed by atoms with E-state index in [1.807, 2.05) is 0 Å². The highest BCUT2D eigenvalue weighted by Crippen LogP contribution is 2.29. The number of carbonyl (C=O) groups is 1. The monoisotopic (exact) mass is 189 g/mol. The second-order valence-corrected chi connectivity index (χ2v) is 2.45. The molecular weight excluding hydrogens is 183 g/mol. The standard InChI is InChI=1S/C8H6F3NO/c1-5(13)6-3-2-4-12-7(6)8(9,10)11/h2-4H,1H3. The predicted octanol–water partition coefficient (Wildman–Crippen LogP) is 2.30. The molecule has 1 rings (SSSR count). The second kappa shape index (κ2) is 3.16. The summed E-state index contributed by atoms with van der Waals surface area (Å²) in [5.74, 6) is -0.638. The topological polar surface area (TPSA) is 30.0 Å². The van der Waals surface area contributed by atoms with E-state index in [1.165, 1.54) is 6.07 Å². The molecule has 0 aliphatic heterocycles. The number of hydrogen-bond acceptors (Lipinski definition) is 2. The van der Waals surface area contributed by atoms with Crippen LogP contribution in [0.2, 0.25) is 0 Å². The number of ketones is 1. The van der Waals surface area contributed by atoms with Crippen LogP contribution in [0, 0.1) is 0 Å². The van der Waals surface area contributed by atoms with Crippen molar-refractivity contribution in [1.29, 1.82) is 0 Å². The molecule has 1 aromatic rings. The molecule has 0 unspecified atom stereocenters. The van der Waals surface area contributed by atoms with Crippen molar-refractivity contribution < 1.29 is 18.0 Å². The van der Waals surface area contributed by atoms with Gasteiger partial charge in [-0.15, -0.1) is 0 Å². The third kappa shape index (κ3) is 2.05. The Hall–Kier alpha value is -1.39. The van der Waals surface area contributed by atoms with Crippen LogP contribution in [0.25, 0.3) is 0 Å². The molecule has 5 heteroatoms. The van der Waals surface area contributed by atoms with Crippen LogP contribution >= 0.6 is 0 Å². The van der Waals surface area contributed by atoms with Crippen LogP contribution in [0.1, 0.15) is 23.0 Å². The number of halogens is 3. The van der Waals surface area contributed by atoms with Gasteiger partial charge in [-0.25, -0.2) is 0 Å². The number of nitrogens with zero attached hydrogens (tertiary/aromatic N) is 1. The van der Waals surface area contributed by atoms with Crippen LogP contribution in [0.5, 0.6) is 0 Å². The van der Waals surface area contributed by atoms with Crippen molar-refractivity contribution in [1.82, 2.24) is 4.98 Å². The maximum absolute atomic E-state index is 12.2. The maximum atomic E-state index is 12.2. The van der Waals surface area contributed by atoms with E-state index < -0.39 is 23.2 Å². The van der Waals surface area contributed by atoms with Gasteiger partial charge in [-0.3, -0.25) is 9.78 Å². The summed E-state index contributed by atoms with van der Waals surface area (Å²) < 4.78 is 36.6. The molecule has 0 aliphatic carbocycles. The molecule has 0 bridgehead atoms. The molecule has 0 aromatic carbocycles. The van der Waals surface area contributed by atoms with Crippen molar-refractivity contribution >= 4 is 5.78 Å². The summed E-state index contributed by atoms with van der Waals surface area (Å²) in [4.78, 5) is 13.9. The summed E-state index contributed by atoms with van der Waals surface area (Å²) in [6.45, 7) is 1.08. The number of hydrogen-bond donors (Lipinski definition) is 0. The van der Waals surface area contributed by atoms with E-state index >= 15 is 0 Å². The fourth-order valence-corrected chi connectivity index (χ4v) is 0.915. The van der Waals surface area contributed by atoms with Crippen molar-refractivity contribution in [3.63, 3.8) is 0 Å². The molecule has 0 saturated heterocycles. The maximum Gasteiger partial charge on any atom is 0.434 e. The number of rotatable bonds is 1. The van der Waals surface area contributed by atoms with Gasteiger partial charge >= 0.3 is 6.18 Å². The van der Waals surface area contributed by atoms with Gasteiger partial charge < -0.3 is 0 Å². The molecule has 13 heavy (non-hydrogen) atoms. The largest absolute Gasteiger partial charge is 0.434 e. The predicted molar refractivity (Wildman–Crippen MR) is 39.2 cm³/mol. The zero-order valence-corrected chi connectivity index (χ0v) is 6.72. The van der Waals surface area contributed by atoms with Gasteiger partial charge in [0.1, 0.15) is 0 Å². The Balaban J connectivity index is 3.28. The van der Waals surface area contributed by atoms with Gasteiger partial charge in [0, 0.05) is 11.8 Å². The summed E-state index contributed by atoms with van der Waals surface area (Å²) in [6, 6.07) is 2.41. The van der Waals surface area contributed by atoms with E-state index in [0.717, 1.165) is 19.2 Å². The lowest BCUT2D eigenvalue weighted by molar-refractivity contribution is -0.141. The molecule has 2 nitrogen and oxygen atoms in total. The fourth-order valence-electron chi connectivity index (χ4n) is 0.915. The smallest absolute Gasteiger partial charge is 0.294 e. The van der Waals surface area contributed by atoms with Crippen molar-refractivity contribution in [2.45, 2.75) is 13.1 Å². The first kappa shape index (κ1) is 9.70. The third-order valence-electron chi connectivity index (χ3n) is 1.46. The molecular formula is C8H6F3NO. The summed E-state index contributed by atoms with van der Waals surface area (Å²) in [6.07, 6.45) is -3.56. The number of aromatic nitrogens is 1. The van der Waals surface area contributed by atoms with Crippen molar-refractivity contribution in [2.75, 3.05) is 0 Å². The zero-order chi connectivity index (χ0) is 10.1. The zero-order valence-electron chi connectivity index (χ0n) is 6.72. The molecule has 0 aliphatic rings. The normalized spacial score (nSPS) is 11.4. The van der Waals surface area contributed by atoms with Crippen LogP contribution < -0.4 is 0 Å². The van der Waals surface area contributed by atoms with E-state index in [1.54, 1.807) is 0 Å². The lowest BCUT2D eigenvalue weighted by Crippen LogP contribution is -2.13. The Bertz CT molecular complexity index is 332. The van der Waals surface area contributed by atoms with E-state index in [0.29, 0.717) is 0 Å². The first-order valence-corrected chi connectivity index (χ1v) is 3.46. The van der Waals surface area contributed by atoms with E-state index in [2.05, 4.69) is 4.98 Å². The summed E-state index contributed by atoms with van der Waals surface area (Å²) in [5.41, 5.74) is -1.52. The highest BCUT2D eigenvalue weighted by atomic mass is 19.4. The van der Waals surface area contributed by atoms with Crippen LogP contribution in [0.4, 0.5) is 13.2 Å². The molecule has 1 heterocycles. The average Bonchev–Trinajstić information content (AvgIpc) is 2.03. The number of pyridine rings is 1. The Morgan fingerprint density at radius 2 is 2.08 bits per heavy atom. The van der Waals surface area contributed by atoms with Crippen molar-refractivity contribution in [3.8, 4) is 0 Å². The van der Waals surface area contributed by atoms with Gasteiger partial charge in [0.05, 0.1) is 0 Å². The lowest BCUT2D eigenvalue weighted by Gasteiger charge is -2.08. The van der Waals surface area contributed by atoms with E-state index in [4.69, 9.17) is 0 Å².